The molecule has 0 bridgehead atoms. The minimum Gasteiger partial charge on any atom is -0.304 e. The van der Waals surface area contributed by atoms with E-state index in [4.69, 9.17) is 0 Å². The lowest BCUT2D eigenvalue weighted by atomic mass is 10.0. The lowest BCUT2D eigenvalue weighted by molar-refractivity contribution is -0.120. The molecule has 0 aliphatic carbocycles. The van der Waals surface area contributed by atoms with Crippen LogP contribution < -0.4 is 0 Å². The van der Waals surface area contributed by atoms with Gasteiger partial charge in [0, 0.05) is 61.4 Å². The third-order valence-corrected chi connectivity index (χ3v) is 5.15. The Balaban J connectivity index is 1.48. The van der Waals surface area contributed by atoms with E-state index in [1.165, 1.54) is 0 Å². The summed E-state index contributed by atoms with van der Waals surface area (Å²) >= 11 is 0. The van der Waals surface area contributed by atoms with E-state index >= 15 is 0 Å². The van der Waals surface area contributed by atoms with Crippen molar-refractivity contribution in [1.29, 1.82) is 0 Å². The van der Waals surface area contributed by atoms with E-state index < -0.39 is 0 Å². The molecule has 0 saturated carbocycles. The average molecular weight is 360 g/mol. The highest BCUT2D eigenvalue weighted by atomic mass is 16.1. The Labute approximate surface area is 159 Å². The molecule has 1 aliphatic heterocycles. The molecule has 138 valence electrons. The van der Waals surface area contributed by atoms with Crippen molar-refractivity contribution in [1.82, 2.24) is 19.8 Å². The molecule has 4 rings (SSSR count). The van der Waals surface area contributed by atoms with E-state index in [2.05, 4.69) is 51.1 Å². The minimum atomic E-state index is 0.231. The largest absolute Gasteiger partial charge is 0.304 e. The molecule has 0 unspecified atom stereocenters. The molecular weight excluding hydrogens is 336 g/mol. The van der Waals surface area contributed by atoms with E-state index in [-0.39, 0.29) is 5.78 Å². The molecule has 0 N–H and O–H groups in total. The van der Waals surface area contributed by atoms with Gasteiger partial charge in [-0.1, -0.05) is 18.2 Å². The van der Waals surface area contributed by atoms with Crippen LogP contribution in [0.15, 0.2) is 55.0 Å². The summed E-state index contributed by atoms with van der Waals surface area (Å²) in [5, 5.41) is 2.19. The molecule has 27 heavy (non-hydrogen) atoms. The van der Waals surface area contributed by atoms with E-state index in [9.17, 15) is 4.79 Å². The number of benzene rings is 1. The van der Waals surface area contributed by atoms with Crippen LogP contribution in [0.1, 0.15) is 5.69 Å². The van der Waals surface area contributed by atoms with Gasteiger partial charge in [0.15, 0.2) is 5.78 Å². The third-order valence-electron chi connectivity index (χ3n) is 5.15. The lowest BCUT2D eigenvalue weighted by Crippen LogP contribution is -2.46. The van der Waals surface area contributed by atoms with Gasteiger partial charge in [0.05, 0.1) is 13.0 Å². The fourth-order valence-corrected chi connectivity index (χ4v) is 3.51. The fourth-order valence-electron chi connectivity index (χ4n) is 3.51. The van der Waals surface area contributed by atoms with Crippen molar-refractivity contribution in [3.8, 4) is 11.1 Å². The second kappa shape index (κ2) is 7.94. The monoisotopic (exact) mass is 360 g/mol. The molecule has 0 atom stereocenters. The number of ketones is 1. The van der Waals surface area contributed by atoms with Crippen LogP contribution in [0, 0.1) is 0 Å². The van der Waals surface area contributed by atoms with Gasteiger partial charge in [-0.25, -0.2) is 0 Å². The van der Waals surface area contributed by atoms with E-state index in [0.29, 0.717) is 13.0 Å². The van der Waals surface area contributed by atoms with Crippen molar-refractivity contribution in [3.05, 3.63) is 60.7 Å². The van der Waals surface area contributed by atoms with Crippen molar-refractivity contribution in [2.24, 2.45) is 0 Å². The first-order valence-corrected chi connectivity index (χ1v) is 9.39. The number of likely N-dealkylation sites (N-methyl/N-ethyl adjacent to an activating group) is 1. The molecule has 5 heteroatoms. The Morgan fingerprint density at radius 1 is 1.00 bits per heavy atom. The van der Waals surface area contributed by atoms with Crippen molar-refractivity contribution in [2.45, 2.75) is 6.42 Å². The van der Waals surface area contributed by atoms with Crippen LogP contribution in [0.3, 0.4) is 0 Å². The van der Waals surface area contributed by atoms with Gasteiger partial charge in [0.2, 0.25) is 0 Å². The number of rotatable bonds is 5. The number of Topliss-reactive ketones (excluding diaryl/α,β-unsaturated/α-hetero) is 1. The van der Waals surface area contributed by atoms with E-state index in [0.717, 1.165) is 53.8 Å². The zero-order valence-electron chi connectivity index (χ0n) is 15.6. The predicted octanol–water partition coefficient (Wildman–Crippen LogP) is 2.66. The normalized spacial score (nSPS) is 15.9. The number of fused-ring (bicyclic) bond motifs is 1. The van der Waals surface area contributed by atoms with Crippen LogP contribution in [0.2, 0.25) is 0 Å². The molecule has 5 nitrogen and oxygen atoms in total. The number of nitrogens with zero attached hydrogens (tertiary/aromatic N) is 4. The van der Waals surface area contributed by atoms with Crippen LogP contribution >= 0.6 is 0 Å². The molecule has 1 fully saturated rings. The SMILES string of the molecule is CN1CCN(CC(=O)Cc2cc3cc(-c4cccnc4)ccc3cn2)CC1. The number of pyridine rings is 2. The molecular formula is C22H24N4O. The van der Waals surface area contributed by atoms with Gasteiger partial charge in [0.1, 0.15) is 0 Å². The first-order valence-electron chi connectivity index (χ1n) is 9.39. The highest BCUT2D eigenvalue weighted by Gasteiger charge is 2.17. The maximum absolute atomic E-state index is 12.5. The fraction of sp³-hybridized carbons (Fsp3) is 0.318. The van der Waals surface area contributed by atoms with Crippen molar-refractivity contribution < 1.29 is 4.79 Å². The summed E-state index contributed by atoms with van der Waals surface area (Å²) in [6.45, 7) is 4.49. The molecule has 3 heterocycles. The van der Waals surface area contributed by atoms with Crippen LogP contribution in [0.5, 0.6) is 0 Å². The zero-order chi connectivity index (χ0) is 18.6. The number of hydrogen-bond acceptors (Lipinski definition) is 5. The highest BCUT2D eigenvalue weighted by molar-refractivity contribution is 5.88. The number of carbonyl (C=O) groups is 1. The van der Waals surface area contributed by atoms with Crippen LogP contribution in [0.25, 0.3) is 21.9 Å². The lowest BCUT2D eigenvalue weighted by Gasteiger charge is -2.31. The van der Waals surface area contributed by atoms with Gasteiger partial charge in [-0.3, -0.25) is 19.7 Å². The Morgan fingerprint density at radius 2 is 1.85 bits per heavy atom. The molecule has 0 radical (unpaired) electrons. The van der Waals surface area contributed by atoms with E-state index in [1.54, 1.807) is 6.20 Å². The Morgan fingerprint density at radius 3 is 2.63 bits per heavy atom. The van der Waals surface area contributed by atoms with Crippen LogP contribution in [-0.4, -0.2) is 65.3 Å². The Hall–Kier alpha value is -2.63. The standard InChI is InChI=1S/C22H24N4O/c1-25-7-9-26(10-8-25)16-22(27)13-21-12-20-11-17(4-5-19(20)15-24-21)18-3-2-6-23-14-18/h2-6,11-12,14-15H,7-10,13,16H2,1H3. The topological polar surface area (TPSA) is 49.3 Å². The third kappa shape index (κ3) is 4.38. The summed E-state index contributed by atoms with van der Waals surface area (Å²) in [6.07, 6.45) is 5.89. The second-order valence-corrected chi connectivity index (χ2v) is 7.27. The van der Waals surface area contributed by atoms with Crippen molar-refractivity contribution in [3.63, 3.8) is 0 Å². The predicted molar refractivity (Wildman–Crippen MR) is 108 cm³/mol. The van der Waals surface area contributed by atoms with Gasteiger partial charge in [-0.05, 0) is 36.2 Å². The summed E-state index contributed by atoms with van der Waals surface area (Å²) in [7, 11) is 2.12. The molecule has 1 aliphatic rings. The molecule has 3 aromatic rings. The summed E-state index contributed by atoms with van der Waals surface area (Å²) < 4.78 is 0. The number of aromatic nitrogens is 2. The van der Waals surface area contributed by atoms with Gasteiger partial charge in [-0.2, -0.15) is 0 Å². The molecule has 1 saturated heterocycles. The summed E-state index contributed by atoms with van der Waals surface area (Å²) in [4.78, 5) is 25.7. The Kier molecular flexibility index (Phi) is 5.23. The van der Waals surface area contributed by atoms with Crippen LogP contribution in [0.4, 0.5) is 0 Å². The molecule has 2 aromatic heterocycles. The Bertz CT molecular complexity index is 933. The molecule has 0 amide bonds. The van der Waals surface area contributed by atoms with Crippen molar-refractivity contribution in [2.75, 3.05) is 39.8 Å². The average Bonchev–Trinajstić information content (AvgIpc) is 2.70. The van der Waals surface area contributed by atoms with Gasteiger partial charge < -0.3 is 4.90 Å². The number of carbonyl (C=O) groups excluding carboxylic acids is 1. The maximum atomic E-state index is 12.5. The quantitative estimate of drug-likeness (QED) is 0.700. The number of piperazine rings is 1. The summed E-state index contributed by atoms with van der Waals surface area (Å²) in [5.41, 5.74) is 3.05. The first kappa shape index (κ1) is 17.8. The van der Waals surface area contributed by atoms with Crippen LogP contribution in [-0.2, 0) is 11.2 Å². The molecule has 1 aromatic carbocycles. The number of hydrogen-bond donors (Lipinski definition) is 0. The smallest absolute Gasteiger partial charge is 0.152 e. The minimum absolute atomic E-state index is 0.231. The van der Waals surface area contributed by atoms with Gasteiger partial charge in [-0.15, -0.1) is 0 Å². The summed E-state index contributed by atoms with van der Waals surface area (Å²) in [5.74, 6) is 0.231. The highest BCUT2D eigenvalue weighted by Crippen LogP contribution is 2.24. The molecule has 0 spiro atoms. The second-order valence-electron chi connectivity index (χ2n) is 7.27. The van der Waals surface area contributed by atoms with E-state index in [1.807, 2.05) is 24.5 Å². The zero-order valence-corrected chi connectivity index (χ0v) is 15.6. The summed E-state index contributed by atoms with van der Waals surface area (Å²) in [6, 6.07) is 12.3. The van der Waals surface area contributed by atoms with Gasteiger partial charge >= 0.3 is 0 Å². The first-order chi connectivity index (χ1) is 13.2. The van der Waals surface area contributed by atoms with Crippen molar-refractivity contribution >= 4 is 16.6 Å². The maximum Gasteiger partial charge on any atom is 0.152 e. The van der Waals surface area contributed by atoms with Gasteiger partial charge in [0.25, 0.3) is 0 Å².